The molecule has 0 bridgehead atoms. The summed E-state index contributed by atoms with van der Waals surface area (Å²) in [5.41, 5.74) is 0. The van der Waals surface area contributed by atoms with Crippen LogP contribution < -0.4 is 51.4 Å². The van der Waals surface area contributed by atoms with Gasteiger partial charge in [-0.1, -0.05) is 0 Å². The molecule has 0 rings (SSSR count). The summed E-state index contributed by atoms with van der Waals surface area (Å²) in [5, 5.41) is 0. The van der Waals surface area contributed by atoms with Gasteiger partial charge in [-0.3, -0.25) is 0 Å². The maximum atomic E-state index is 9.79. The van der Waals surface area contributed by atoms with Crippen molar-refractivity contribution < 1.29 is 64.4 Å². The van der Waals surface area contributed by atoms with Gasteiger partial charge in [0.05, 0.1) is 5.88 Å². The molecule has 0 aliphatic rings. The largest absolute Gasteiger partial charge is 1.00 e. The summed E-state index contributed by atoms with van der Waals surface area (Å²) in [6.45, 7) is 0. The fraction of sp³-hybridized carbons (Fsp3) is 1.00. The Morgan fingerprint density at radius 1 is 1.56 bits per heavy atom. The molecule has 50 valence electrons. The number of rotatable bonds is 2. The molecule has 0 heterocycles. The van der Waals surface area contributed by atoms with Gasteiger partial charge >= 0.3 is 51.4 Å². The summed E-state index contributed by atoms with van der Waals surface area (Å²) < 4.78 is 27.9. The predicted molar refractivity (Wildman–Crippen MR) is 30.1 cm³/mol. The zero-order chi connectivity index (χ0) is 6.78. The van der Waals surface area contributed by atoms with E-state index < -0.39 is 14.8 Å². The Morgan fingerprint density at radius 2 is 1.89 bits per heavy atom. The maximum Gasteiger partial charge on any atom is 1.00 e. The molecule has 0 aliphatic heterocycles. The first-order chi connectivity index (χ1) is 3.48. The van der Waals surface area contributed by atoms with Crippen molar-refractivity contribution in [3.8, 4) is 0 Å². The molecule has 0 amide bonds. The van der Waals surface area contributed by atoms with Crippen molar-refractivity contribution in [1.29, 1.82) is 0 Å². The number of alkyl halides is 2. The molecule has 0 N–H and O–H groups in total. The van der Waals surface area contributed by atoms with Gasteiger partial charge in [-0.05, 0) is 0 Å². The second-order valence-corrected chi connectivity index (χ2v) is 3.71. The number of hydrogen-bond donors (Lipinski definition) is 0. The minimum atomic E-state index is -4.37. The van der Waals surface area contributed by atoms with Crippen molar-refractivity contribution in [3.63, 3.8) is 0 Å². The van der Waals surface area contributed by atoms with E-state index in [0.29, 0.717) is 0 Å². The van der Waals surface area contributed by atoms with Crippen LogP contribution in [-0.4, -0.2) is 23.6 Å². The molecule has 7 heteroatoms. The van der Waals surface area contributed by atoms with Crippen LogP contribution in [0.1, 0.15) is 0 Å². The monoisotopic (exact) mass is 216 g/mol. The maximum absolute atomic E-state index is 9.79. The van der Waals surface area contributed by atoms with Crippen LogP contribution in [0.15, 0.2) is 0 Å². The zero-order valence-corrected chi connectivity index (χ0v) is 10.1. The van der Waals surface area contributed by atoms with E-state index in [1.54, 1.807) is 0 Å². The minimum Gasteiger partial charge on any atom is -0.747 e. The SMILES string of the molecule is O=S(=O)([O-])C(Cl)CCl.[K+]. The molecule has 0 radical (unpaired) electrons. The van der Waals surface area contributed by atoms with Crippen LogP contribution in [-0.2, 0) is 10.1 Å². The Morgan fingerprint density at radius 3 is 1.89 bits per heavy atom. The van der Waals surface area contributed by atoms with Crippen molar-refractivity contribution in [2.24, 2.45) is 0 Å². The first kappa shape index (κ1) is 13.7. The molecule has 0 aliphatic carbocycles. The van der Waals surface area contributed by atoms with Crippen LogP contribution in [0.5, 0.6) is 0 Å². The minimum absolute atomic E-state index is 0. The van der Waals surface area contributed by atoms with Crippen LogP contribution in [0.2, 0.25) is 0 Å². The van der Waals surface area contributed by atoms with E-state index in [0.717, 1.165) is 0 Å². The van der Waals surface area contributed by atoms with Crippen LogP contribution in [0.4, 0.5) is 0 Å². The molecule has 0 aromatic heterocycles. The van der Waals surface area contributed by atoms with Gasteiger partial charge < -0.3 is 4.55 Å². The molecule has 9 heavy (non-hydrogen) atoms. The Kier molecular flexibility index (Phi) is 8.73. The molecule has 1 atom stereocenters. The van der Waals surface area contributed by atoms with E-state index >= 15 is 0 Å². The summed E-state index contributed by atoms with van der Waals surface area (Å²) in [4.78, 5) is 0. The van der Waals surface area contributed by atoms with E-state index in [-0.39, 0.29) is 57.3 Å². The molecule has 3 nitrogen and oxygen atoms in total. The standard InChI is InChI=1S/C2H4Cl2O3S.K/c3-1-2(4)8(5,6)7;/h2H,1H2,(H,5,6,7);/q;+1/p-1. The number of hydrogen-bond acceptors (Lipinski definition) is 3. The quantitative estimate of drug-likeness (QED) is 0.288. The summed E-state index contributed by atoms with van der Waals surface area (Å²) in [6, 6.07) is 0. The molecular formula is C2H3Cl2KO3S. The average molecular weight is 217 g/mol. The van der Waals surface area contributed by atoms with Crippen molar-refractivity contribution in [1.82, 2.24) is 0 Å². The van der Waals surface area contributed by atoms with Crippen LogP contribution >= 0.6 is 23.2 Å². The molecule has 0 saturated carbocycles. The normalized spacial score (nSPS) is 14.1. The van der Waals surface area contributed by atoms with E-state index in [2.05, 4.69) is 0 Å². The van der Waals surface area contributed by atoms with Gasteiger partial charge in [0.2, 0.25) is 0 Å². The van der Waals surface area contributed by atoms with E-state index in [1.165, 1.54) is 0 Å². The Bertz CT molecular complexity index is 155. The summed E-state index contributed by atoms with van der Waals surface area (Å²) >= 11 is 9.83. The van der Waals surface area contributed by atoms with Gasteiger partial charge in [-0.25, -0.2) is 8.42 Å². The Labute approximate surface area is 106 Å². The van der Waals surface area contributed by atoms with Crippen molar-refractivity contribution in [2.45, 2.75) is 4.71 Å². The Balaban J connectivity index is 0. The van der Waals surface area contributed by atoms with E-state index in [9.17, 15) is 13.0 Å². The van der Waals surface area contributed by atoms with Gasteiger partial charge in [0.25, 0.3) is 0 Å². The topological polar surface area (TPSA) is 57.2 Å². The van der Waals surface area contributed by atoms with Crippen molar-refractivity contribution in [3.05, 3.63) is 0 Å². The molecule has 0 saturated heterocycles. The van der Waals surface area contributed by atoms with Crippen LogP contribution in [0.25, 0.3) is 0 Å². The second kappa shape index (κ2) is 5.74. The molecule has 1 unspecified atom stereocenters. The zero-order valence-electron chi connectivity index (χ0n) is 4.67. The third kappa shape index (κ3) is 6.52. The van der Waals surface area contributed by atoms with Gasteiger partial charge in [0.1, 0.15) is 14.8 Å². The van der Waals surface area contributed by atoms with Crippen molar-refractivity contribution in [2.75, 3.05) is 5.88 Å². The Hall–Kier alpha value is 2.13. The third-order valence-electron chi connectivity index (χ3n) is 0.435. The molecule has 0 aromatic carbocycles. The molecular weight excluding hydrogens is 214 g/mol. The fourth-order valence-electron chi connectivity index (χ4n) is 0.0772. The van der Waals surface area contributed by atoms with Gasteiger partial charge in [0, 0.05) is 0 Å². The third-order valence-corrected chi connectivity index (χ3v) is 2.69. The van der Waals surface area contributed by atoms with Gasteiger partial charge in [0.15, 0.2) is 0 Å². The average Bonchev–Trinajstić information content (AvgIpc) is 1.62. The first-order valence-electron chi connectivity index (χ1n) is 1.63. The molecule has 0 aromatic rings. The van der Waals surface area contributed by atoms with Crippen LogP contribution in [0, 0.1) is 0 Å². The summed E-state index contributed by atoms with van der Waals surface area (Å²) in [7, 11) is -4.37. The van der Waals surface area contributed by atoms with Crippen molar-refractivity contribution >= 4 is 33.3 Å². The fourth-order valence-corrected chi connectivity index (χ4v) is 0.694. The molecule has 0 fully saturated rings. The predicted octanol–water partition coefficient (Wildman–Crippen LogP) is -2.66. The summed E-state index contributed by atoms with van der Waals surface area (Å²) in [5.74, 6) is -0.368. The number of halogens is 2. The van der Waals surface area contributed by atoms with E-state index in [4.69, 9.17) is 23.2 Å². The van der Waals surface area contributed by atoms with Gasteiger partial charge in [-0.15, -0.1) is 23.2 Å². The van der Waals surface area contributed by atoms with E-state index in [1.807, 2.05) is 0 Å². The smallest absolute Gasteiger partial charge is 0.747 e. The summed E-state index contributed by atoms with van der Waals surface area (Å²) in [6.07, 6.45) is 0. The molecule has 0 spiro atoms. The second-order valence-electron chi connectivity index (χ2n) is 1.06. The first-order valence-corrected chi connectivity index (χ1v) is 4.07. The van der Waals surface area contributed by atoms with Crippen LogP contribution in [0.3, 0.4) is 0 Å². The van der Waals surface area contributed by atoms with Gasteiger partial charge in [-0.2, -0.15) is 0 Å².